The van der Waals surface area contributed by atoms with Gasteiger partial charge in [0.15, 0.2) is 5.11 Å². The predicted molar refractivity (Wildman–Crippen MR) is 90.6 cm³/mol. The molecule has 0 radical (unpaired) electrons. The summed E-state index contributed by atoms with van der Waals surface area (Å²) in [6, 6.07) is 12.4. The van der Waals surface area contributed by atoms with Crippen LogP contribution < -0.4 is 5.32 Å². The van der Waals surface area contributed by atoms with Gasteiger partial charge in [-0.25, -0.2) is 0 Å². The molecule has 0 spiro atoms. The number of halogens is 6. The van der Waals surface area contributed by atoms with E-state index in [-0.39, 0.29) is 17.3 Å². The van der Waals surface area contributed by atoms with E-state index in [9.17, 15) is 26.3 Å². The lowest BCUT2D eigenvalue weighted by molar-refractivity contribution is -0.138. The summed E-state index contributed by atoms with van der Waals surface area (Å²) < 4.78 is 76.8. The Hall–Kier alpha value is -2.29. The van der Waals surface area contributed by atoms with Gasteiger partial charge in [0.1, 0.15) is 6.54 Å². The van der Waals surface area contributed by atoms with Crippen molar-refractivity contribution in [3.05, 3.63) is 65.7 Å². The van der Waals surface area contributed by atoms with Crippen LogP contribution in [0.5, 0.6) is 0 Å². The second-order valence-electron chi connectivity index (χ2n) is 5.47. The molecule has 2 rings (SSSR count). The molecule has 2 nitrogen and oxygen atoms in total. The predicted octanol–water partition coefficient (Wildman–Crippen LogP) is 5.47. The Bertz CT molecular complexity index is 743. The highest BCUT2D eigenvalue weighted by atomic mass is 32.1. The number of hydrogen-bond donors (Lipinski definition) is 1. The van der Waals surface area contributed by atoms with Crippen LogP contribution in [0.2, 0.25) is 0 Å². The Labute approximate surface area is 151 Å². The third-order valence-corrected chi connectivity index (χ3v) is 3.68. The van der Waals surface area contributed by atoms with Crippen molar-refractivity contribution in [2.24, 2.45) is 0 Å². The van der Waals surface area contributed by atoms with E-state index >= 15 is 0 Å². The minimum atomic E-state index is -4.56. The Morgan fingerprint density at radius 2 is 1.58 bits per heavy atom. The van der Waals surface area contributed by atoms with Crippen molar-refractivity contribution in [1.82, 2.24) is 4.90 Å². The first-order chi connectivity index (χ1) is 12.0. The Morgan fingerprint density at radius 1 is 0.923 bits per heavy atom. The van der Waals surface area contributed by atoms with Crippen molar-refractivity contribution < 1.29 is 26.3 Å². The molecule has 0 fully saturated rings. The van der Waals surface area contributed by atoms with Gasteiger partial charge in [-0.05, 0) is 36.0 Å². The molecule has 0 unspecified atom stereocenters. The summed E-state index contributed by atoms with van der Waals surface area (Å²) in [6.07, 6.45) is -9.08. The molecule has 0 aromatic heterocycles. The number of nitrogens with one attached hydrogen (secondary N) is 1. The van der Waals surface area contributed by atoms with Crippen LogP contribution in [0, 0.1) is 0 Å². The van der Waals surface area contributed by atoms with Crippen LogP contribution >= 0.6 is 12.2 Å². The zero-order valence-electron chi connectivity index (χ0n) is 13.2. The first kappa shape index (κ1) is 20.0. The molecule has 0 bridgehead atoms. The molecule has 0 aliphatic heterocycles. The minimum Gasteiger partial charge on any atom is -0.336 e. The summed E-state index contributed by atoms with van der Waals surface area (Å²) in [5, 5.41) is 2.14. The summed E-state index contributed by atoms with van der Waals surface area (Å²) in [4.78, 5) is 0.852. The van der Waals surface area contributed by atoms with Crippen molar-refractivity contribution in [2.75, 3.05) is 11.9 Å². The lowest BCUT2D eigenvalue weighted by atomic mass is 10.2. The van der Waals surface area contributed by atoms with Crippen LogP contribution in [0.3, 0.4) is 0 Å². The van der Waals surface area contributed by atoms with Gasteiger partial charge in [0.25, 0.3) is 0 Å². The van der Waals surface area contributed by atoms with E-state index in [2.05, 4.69) is 5.32 Å². The second kappa shape index (κ2) is 7.94. The van der Waals surface area contributed by atoms with Crippen LogP contribution in [-0.2, 0) is 12.7 Å². The van der Waals surface area contributed by atoms with Gasteiger partial charge in [0.05, 0.1) is 5.56 Å². The van der Waals surface area contributed by atoms with Gasteiger partial charge in [0, 0.05) is 12.2 Å². The molecular formula is C17H14F6N2S. The molecule has 0 aliphatic rings. The topological polar surface area (TPSA) is 15.3 Å². The molecule has 9 heteroatoms. The number of nitrogens with zero attached hydrogens (tertiary/aromatic N) is 1. The number of hydrogen-bond acceptors (Lipinski definition) is 1. The van der Waals surface area contributed by atoms with Crippen molar-refractivity contribution in [1.29, 1.82) is 0 Å². The van der Waals surface area contributed by atoms with Crippen LogP contribution in [0.4, 0.5) is 32.0 Å². The first-order valence-electron chi connectivity index (χ1n) is 7.38. The number of anilines is 1. The molecule has 0 saturated heterocycles. The molecule has 0 heterocycles. The highest BCUT2D eigenvalue weighted by Crippen LogP contribution is 2.30. The van der Waals surface area contributed by atoms with E-state index in [1.165, 1.54) is 6.07 Å². The van der Waals surface area contributed by atoms with Crippen LogP contribution in [0.15, 0.2) is 54.6 Å². The Morgan fingerprint density at radius 3 is 2.15 bits per heavy atom. The second-order valence-corrected chi connectivity index (χ2v) is 5.85. The first-order valence-corrected chi connectivity index (χ1v) is 7.79. The molecule has 140 valence electrons. The fourth-order valence-electron chi connectivity index (χ4n) is 2.20. The Kier molecular flexibility index (Phi) is 6.12. The van der Waals surface area contributed by atoms with E-state index < -0.39 is 24.5 Å². The molecule has 2 aromatic carbocycles. The van der Waals surface area contributed by atoms with Gasteiger partial charge in [0.2, 0.25) is 0 Å². The summed E-state index contributed by atoms with van der Waals surface area (Å²) in [5.74, 6) is 0. The van der Waals surface area contributed by atoms with Gasteiger partial charge >= 0.3 is 12.4 Å². The van der Waals surface area contributed by atoms with Gasteiger partial charge in [-0.3, -0.25) is 0 Å². The third kappa shape index (κ3) is 6.21. The number of rotatable bonds is 4. The van der Waals surface area contributed by atoms with Crippen LogP contribution in [0.25, 0.3) is 0 Å². The average molecular weight is 392 g/mol. The van der Waals surface area contributed by atoms with E-state index in [1.54, 1.807) is 30.3 Å². The summed E-state index contributed by atoms with van der Waals surface area (Å²) in [5.41, 5.74) is -0.370. The zero-order valence-corrected chi connectivity index (χ0v) is 14.1. The maximum Gasteiger partial charge on any atom is 0.416 e. The summed E-state index contributed by atoms with van der Waals surface area (Å²) >= 11 is 4.99. The van der Waals surface area contributed by atoms with E-state index in [0.29, 0.717) is 5.56 Å². The minimum absolute atomic E-state index is 0.0370. The van der Waals surface area contributed by atoms with Gasteiger partial charge in [-0.2, -0.15) is 26.3 Å². The average Bonchev–Trinajstić information content (AvgIpc) is 2.53. The molecule has 0 amide bonds. The highest BCUT2D eigenvalue weighted by molar-refractivity contribution is 7.80. The van der Waals surface area contributed by atoms with Crippen molar-refractivity contribution in [3.63, 3.8) is 0 Å². The van der Waals surface area contributed by atoms with Crippen molar-refractivity contribution >= 4 is 23.0 Å². The van der Waals surface area contributed by atoms with Crippen molar-refractivity contribution in [3.8, 4) is 0 Å². The molecular weight excluding hydrogens is 378 g/mol. The third-order valence-electron chi connectivity index (χ3n) is 3.31. The quantitative estimate of drug-likeness (QED) is 0.549. The molecule has 26 heavy (non-hydrogen) atoms. The van der Waals surface area contributed by atoms with Gasteiger partial charge < -0.3 is 10.2 Å². The standard InChI is InChI=1S/C17H14F6N2S/c18-16(19,20)11-25(10-12-5-2-1-3-6-12)15(26)24-14-8-4-7-13(9-14)17(21,22)23/h1-9H,10-11H2,(H,24,26). The number of benzene rings is 2. The SMILES string of the molecule is FC(F)(F)CN(Cc1ccccc1)C(=S)Nc1cccc(C(F)(F)F)c1. The lowest BCUT2D eigenvalue weighted by Crippen LogP contribution is -2.40. The van der Waals surface area contributed by atoms with E-state index in [0.717, 1.165) is 23.1 Å². The largest absolute Gasteiger partial charge is 0.416 e. The smallest absolute Gasteiger partial charge is 0.336 e. The van der Waals surface area contributed by atoms with Crippen molar-refractivity contribution in [2.45, 2.75) is 18.9 Å². The molecule has 0 atom stereocenters. The monoisotopic (exact) mass is 392 g/mol. The van der Waals surface area contributed by atoms with Gasteiger partial charge in [-0.15, -0.1) is 0 Å². The molecule has 2 aromatic rings. The molecule has 0 saturated carbocycles. The molecule has 0 aliphatic carbocycles. The van der Waals surface area contributed by atoms with Gasteiger partial charge in [-0.1, -0.05) is 36.4 Å². The maximum atomic E-state index is 12.9. The Balaban J connectivity index is 2.18. The fourth-order valence-corrected chi connectivity index (χ4v) is 2.44. The number of alkyl halides is 6. The summed E-state index contributed by atoms with van der Waals surface area (Å²) in [6.45, 7) is -1.46. The summed E-state index contributed by atoms with van der Waals surface area (Å²) in [7, 11) is 0. The van der Waals surface area contributed by atoms with E-state index in [4.69, 9.17) is 12.2 Å². The lowest BCUT2D eigenvalue weighted by Gasteiger charge is -2.27. The molecule has 1 N–H and O–H groups in total. The van der Waals surface area contributed by atoms with Crippen LogP contribution in [-0.4, -0.2) is 22.7 Å². The highest BCUT2D eigenvalue weighted by Gasteiger charge is 2.33. The maximum absolute atomic E-state index is 12.9. The zero-order chi connectivity index (χ0) is 19.4. The number of thiocarbonyl (C=S) groups is 1. The van der Waals surface area contributed by atoms with Crippen LogP contribution in [0.1, 0.15) is 11.1 Å². The normalized spacial score (nSPS) is 11.9. The fraction of sp³-hybridized carbons (Fsp3) is 0.235. The van der Waals surface area contributed by atoms with E-state index in [1.807, 2.05) is 0 Å².